The summed E-state index contributed by atoms with van der Waals surface area (Å²) in [6, 6.07) is 14.0. The smallest absolute Gasteiger partial charge is 0.177 e. The van der Waals surface area contributed by atoms with Crippen LogP contribution in [0, 0.1) is 13.8 Å². The van der Waals surface area contributed by atoms with E-state index in [0.717, 1.165) is 16.8 Å². The molecule has 0 radical (unpaired) electrons. The van der Waals surface area contributed by atoms with Gasteiger partial charge in [0.15, 0.2) is 5.82 Å². The molecule has 24 heavy (non-hydrogen) atoms. The summed E-state index contributed by atoms with van der Waals surface area (Å²) >= 11 is 0. The summed E-state index contributed by atoms with van der Waals surface area (Å²) in [5, 5.41) is 8.69. The second-order valence-electron chi connectivity index (χ2n) is 5.70. The number of nitrogens with zero attached hydrogens (tertiary/aromatic N) is 5. The van der Waals surface area contributed by atoms with Crippen molar-refractivity contribution in [2.45, 2.75) is 26.8 Å². The molecule has 0 bridgehead atoms. The summed E-state index contributed by atoms with van der Waals surface area (Å²) in [6.07, 6.45) is 3.51. The Morgan fingerprint density at radius 1 is 1.00 bits per heavy atom. The van der Waals surface area contributed by atoms with Crippen molar-refractivity contribution in [2.75, 3.05) is 0 Å². The lowest BCUT2D eigenvalue weighted by molar-refractivity contribution is 0.758. The summed E-state index contributed by atoms with van der Waals surface area (Å²) in [5.41, 5.74) is 4.09. The van der Waals surface area contributed by atoms with E-state index in [4.69, 9.17) is 0 Å². The van der Waals surface area contributed by atoms with Gasteiger partial charge in [-0.15, -0.1) is 5.11 Å². The van der Waals surface area contributed by atoms with Crippen LogP contribution in [-0.4, -0.2) is 15.0 Å². The Labute approximate surface area is 141 Å². The van der Waals surface area contributed by atoms with E-state index in [0.29, 0.717) is 11.6 Å². The molecule has 0 aliphatic rings. The van der Waals surface area contributed by atoms with Crippen molar-refractivity contribution >= 4 is 5.82 Å². The van der Waals surface area contributed by atoms with E-state index in [-0.39, 0.29) is 6.04 Å². The van der Waals surface area contributed by atoms with E-state index in [9.17, 15) is 0 Å². The molecule has 1 unspecified atom stereocenters. The molecule has 3 aromatic rings. The van der Waals surface area contributed by atoms with Crippen LogP contribution < -0.4 is 0 Å². The van der Waals surface area contributed by atoms with Gasteiger partial charge in [-0.2, -0.15) is 5.11 Å². The fourth-order valence-electron chi connectivity index (χ4n) is 2.32. The predicted molar refractivity (Wildman–Crippen MR) is 94.1 cm³/mol. The summed E-state index contributed by atoms with van der Waals surface area (Å²) < 4.78 is 0. The monoisotopic (exact) mass is 317 g/mol. The molecule has 2 heterocycles. The van der Waals surface area contributed by atoms with Crippen LogP contribution in [0.2, 0.25) is 0 Å². The van der Waals surface area contributed by atoms with Crippen molar-refractivity contribution in [3.05, 3.63) is 71.8 Å². The average Bonchev–Trinajstić information content (AvgIpc) is 2.60. The molecule has 0 spiro atoms. The van der Waals surface area contributed by atoms with E-state index < -0.39 is 0 Å². The second-order valence-corrected chi connectivity index (χ2v) is 5.70. The number of hydrogen-bond acceptors (Lipinski definition) is 5. The molecule has 3 rings (SSSR count). The molecule has 0 saturated heterocycles. The molecule has 2 aromatic heterocycles. The van der Waals surface area contributed by atoms with Crippen LogP contribution in [0.4, 0.5) is 5.82 Å². The van der Waals surface area contributed by atoms with Crippen LogP contribution in [0.3, 0.4) is 0 Å². The summed E-state index contributed by atoms with van der Waals surface area (Å²) in [7, 11) is 0. The Morgan fingerprint density at radius 2 is 1.79 bits per heavy atom. The SMILES string of the molecule is Cc1ccc(C(C)N=Nc2cc(-c3cccnc3)nc(C)n2)cc1. The van der Waals surface area contributed by atoms with Crippen LogP contribution in [-0.2, 0) is 0 Å². The Morgan fingerprint density at radius 3 is 2.50 bits per heavy atom. The van der Waals surface area contributed by atoms with Gasteiger partial charge in [0, 0.05) is 24.0 Å². The largest absolute Gasteiger partial charge is 0.264 e. The third-order valence-corrected chi connectivity index (χ3v) is 3.67. The van der Waals surface area contributed by atoms with Gasteiger partial charge in [0.05, 0.1) is 11.7 Å². The van der Waals surface area contributed by atoms with Gasteiger partial charge in [-0.05, 0) is 38.5 Å². The van der Waals surface area contributed by atoms with Gasteiger partial charge in [-0.3, -0.25) is 4.98 Å². The van der Waals surface area contributed by atoms with E-state index in [1.165, 1.54) is 5.56 Å². The molecule has 0 amide bonds. The van der Waals surface area contributed by atoms with Crippen molar-refractivity contribution in [3.8, 4) is 11.3 Å². The van der Waals surface area contributed by atoms with Crippen molar-refractivity contribution in [1.29, 1.82) is 0 Å². The van der Waals surface area contributed by atoms with Gasteiger partial charge in [0.1, 0.15) is 5.82 Å². The maximum Gasteiger partial charge on any atom is 0.177 e. The van der Waals surface area contributed by atoms with Crippen LogP contribution in [0.25, 0.3) is 11.3 Å². The van der Waals surface area contributed by atoms with Gasteiger partial charge >= 0.3 is 0 Å². The molecule has 0 N–H and O–H groups in total. The first-order valence-electron chi connectivity index (χ1n) is 7.85. The minimum absolute atomic E-state index is 0.0253. The summed E-state index contributed by atoms with van der Waals surface area (Å²) in [6.45, 7) is 5.94. The second kappa shape index (κ2) is 7.08. The Bertz CT molecular complexity index is 841. The Hall–Kier alpha value is -2.95. The Kier molecular flexibility index (Phi) is 4.70. The lowest BCUT2D eigenvalue weighted by Gasteiger charge is -2.06. The van der Waals surface area contributed by atoms with Gasteiger partial charge < -0.3 is 0 Å². The zero-order chi connectivity index (χ0) is 16.9. The molecule has 5 heteroatoms. The van der Waals surface area contributed by atoms with Crippen LogP contribution in [0.5, 0.6) is 0 Å². The highest BCUT2D eigenvalue weighted by atomic mass is 15.2. The highest BCUT2D eigenvalue weighted by molar-refractivity contribution is 5.60. The number of azo groups is 1. The first-order valence-corrected chi connectivity index (χ1v) is 7.85. The highest BCUT2D eigenvalue weighted by Crippen LogP contribution is 2.23. The van der Waals surface area contributed by atoms with Gasteiger partial charge in [0.2, 0.25) is 0 Å². The van der Waals surface area contributed by atoms with E-state index in [2.05, 4.69) is 56.4 Å². The van der Waals surface area contributed by atoms with E-state index in [1.54, 1.807) is 12.4 Å². The average molecular weight is 317 g/mol. The number of pyridine rings is 1. The molecular formula is C19H19N5. The van der Waals surface area contributed by atoms with Crippen molar-refractivity contribution in [2.24, 2.45) is 10.2 Å². The fraction of sp³-hybridized carbons (Fsp3) is 0.211. The molecule has 1 atom stereocenters. The van der Waals surface area contributed by atoms with Crippen molar-refractivity contribution in [3.63, 3.8) is 0 Å². The standard InChI is InChI=1S/C19H19N5/c1-13-6-8-16(9-7-13)14(2)23-24-19-11-18(21-15(3)22-19)17-5-4-10-20-12-17/h4-12,14H,1-3H3. The van der Waals surface area contributed by atoms with Crippen molar-refractivity contribution < 1.29 is 0 Å². The molecule has 0 aliphatic heterocycles. The first-order chi connectivity index (χ1) is 11.6. The third-order valence-electron chi connectivity index (χ3n) is 3.67. The maximum atomic E-state index is 4.45. The number of aryl methyl sites for hydroxylation is 2. The zero-order valence-corrected chi connectivity index (χ0v) is 14.0. The number of aromatic nitrogens is 3. The molecule has 120 valence electrons. The third kappa shape index (κ3) is 3.87. The van der Waals surface area contributed by atoms with Crippen molar-refractivity contribution in [1.82, 2.24) is 15.0 Å². The fourth-order valence-corrected chi connectivity index (χ4v) is 2.32. The first kappa shape index (κ1) is 15.9. The number of benzene rings is 1. The molecule has 1 aromatic carbocycles. The summed E-state index contributed by atoms with van der Waals surface area (Å²) in [4.78, 5) is 12.9. The van der Waals surface area contributed by atoms with E-state index >= 15 is 0 Å². The zero-order valence-electron chi connectivity index (χ0n) is 14.0. The lowest BCUT2D eigenvalue weighted by Crippen LogP contribution is -1.92. The van der Waals surface area contributed by atoms with Gasteiger partial charge in [-0.25, -0.2) is 9.97 Å². The number of hydrogen-bond donors (Lipinski definition) is 0. The quantitative estimate of drug-likeness (QED) is 0.636. The van der Waals surface area contributed by atoms with Crippen LogP contribution >= 0.6 is 0 Å². The lowest BCUT2D eigenvalue weighted by atomic mass is 10.1. The minimum atomic E-state index is -0.0253. The van der Waals surface area contributed by atoms with E-state index in [1.807, 2.05) is 32.0 Å². The molecule has 0 aliphatic carbocycles. The molecular weight excluding hydrogens is 298 g/mol. The highest BCUT2D eigenvalue weighted by Gasteiger charge is 2.06. The number of rotatable bonds is 4. The maximum absolute atomic E-state index is 4.45. The summed E-state index contributed by atoms with van der Waals surface area (Å²) in [5.74, 6) is 1.22. The van der Waals surface area contributed by atoms with Gasteiger partial charge in [0.25, 0.3) is 0 Å². The molecule has 0 fully saturated rings. The molecule has 5 nitrogen and oxygen atoms in total. The van der Waals surface area contributed by atoms with Gasteiger partial charge in [-0.1, -0.05) is 29.8 Å². The predicted octanol–water partition coefficient (Wildman–Crippen LogP) is 5.00. The minimum Gasteiger partial charge on any atom is -0.264 e. The van der Waals surface area contributed by atoms with Crippen LogP contribution in [0.15, 0.2) is 65.1 Å². The van der Waals surface area contributed by atoms with Crippen LogP contribution in [0.1, 0.15) is 29.9 Å². The Balaban J connectivity index is 1.84. The normalized spacial score (nSPS) is 12.5. The topological polar surface area (TPSA) is 63.4 Å². The molecule has 0 saturated carbocycles.